The summed E-state index contributed by atoms with van der Waals surface area (Å²) in [4.78, 5) is 2.51. The van der Waals surface area contributed by atoms with Crippen molar-refractivity contribution in [1.29, 1.82) is 0 Å². The molecule has 0 radical (unpaired) electrons. The summed E-state index contributed by atoms with van der Waals surface area (Å²) < 4.78 is 0. The van der Waals surface area contributed by atoms with Gasteiger partial charge in [0.15, 0.2) is 0 Å². The van der Waals surface area contributed by atoms with E-state index in [1.54, 1.807) is 0 Å². The molecular formula is C14H30N2. The van der Waals surface area contributed by atoms with Crippen molar-refractivity contribution in [2.24, 2.45) is 5.92 Å². The van der Waals surface area contributed by atoms with Crippen LogP contribution in [-0.4, -0.2) is 37.6 Å². The van der Waals surface area contributed by atoms with Gasteiger partial charge in [-0.05, 0) is 51.7 Å². The molecule has 1 N–H and O–H groups in total. The minimum atomic E-state index is 0.790. The third-order valence-electron chi connectivity index (χ3n) is 3.68. The first-order chi connectivity index (χ1) is 7.72. The van der Waals surface area contributed by atoms with E-state index in [2.05, 4.69) is 31.1 Å². The Balaban J connectivity index is 2.06. The fraction of sp³-hybridized carbons (Fsp3) is 1.00. The maximum Gasteiger partial charge on any atom is 0.00792 e. The minimum absolute atomic E-state index is 0.790. The van der Waals surface area contributed by atoms with E-state index in [1.807, 2.05) is 0 Å². The molecule has 0 aromatic heterocycles. The highest BCUT2D eigenvalue weighted by Crippen LogP contribution is 2.11. The molecule has 96 valence electrons. The quantitative estimate of drug-likeness (QED) is 0.718. The normalized spacial score (nSPS) is 23.6. The SMILES string of the molecule is CCCC(C)CN(C)CCC1CCCCN1. The van der Waals surface area contributed by atoms with Gasteiger partial charge in [0, 0.05) is 12.6 Å². The van der Waals surface area contributed by atoms with E-state index >= 15 is 0 Å². The van der Waals surface area contributed by atoms with Gasteiger partial charge in [0.1, 0.15) is 0 Å². The first-order valence-electron chi connectivity index (χ1n) is 7.14. The molecule has 1 aliphatic rings. The van der Waals surface area contributed by atoms with Crippen LogP contribution in [0.1, 0.15) is 52.4 Å². The van der Waals surface area contributed by atoms with Gasteiger partial charge in [-0.2, -0.15) is 0 Å². The Bertz CT molecular complexity index is 164. The monoisotopic (exact) mass is 226 g/mol. The van der Waals surface area contributed by atoms with Crippen LogP contribution in [0.5, 0.6) is 0 Å². The minimum Gasteiger partial charge on any atom is -0.314 e. The van der Waals surface area contributed by atoms with Crippen molar-refractivity contribution in [3.8, 4) is 0 Å². The zero-order valence-electron chi connectivity index (χ0n) is 11.5. The van der Waals surface area contributed by atoms with Gasteiger partial charge in [0.25, 0.3) is 0 Å². The van der Waals surface area contributed by atoms with Crippen molar-refractivity contribution in [3.05, 3.63) is 0 Å². The van der Waals surface area contributed by atoms with Crippen LogP contribution in [-0.2, 0) is 0 Å². The average Bonchev–Trinajstić information content (AvgIpc) is 2.28. The molecule has 0 aromatic carbocycles. The summed E-state index contributed by atoms with van der Waals surface area (Å²) in [5.41, 5.74) is 0. The lowest BCUT2D eigenvalue weighted by Gasteiger charge is -2.27. The second-order valence-electron chi connectivity index (χ2n) is 5.59. The fourth-order valence-electron chi connectivity index (χ4n) is 2.75. The van der Waals surface area contributed by atoms with Gasteiger partial charge < -0.3 is 10.2 Å². The second-order valence-corrected chi connectivity index (χ2v) is 5.59. The van der Waals surface area contributed by atoms with Gasteiger partial charge in [-0.15, -0.1) is 0 Å². The smallest absolute Gasteiger partial charge is 0.00792 e. The topological polar surface area (TPSA) is 15.3 Å². The van der Waals surface area contributed by atoms with E-state index in [9.17, 15) is 0 Å². The Kier molecular flexibility index (Phi) is 7.06. The predicted octanol–water partition coefficient (Wildman–Crippen LogP) is 2.89. The first kappa shape index (κ1) is 14.0. The highest BCUT2D eigenvalue weighted by atomic mass is 15.1. The van der Waals surface area contributed by atoms with Gasteiger partial charge in [-0.3, -0.25) is 0 Å². The molecule has 1 rings (SSSR count). The average molecular weight is 226 g/mol. The lowest BCUT2D eigenvalue weighted by atomic mass is 10.0. The standard InChI is InChI=1S/C14H30N2/c1-4-7-13(2)12-16(3)11-9-14-8-5-6-10-15-14/h13-15H,4-12H2,1-3H3. The summed E-state index contributed by atoms with van der Waals surface area (Å²) in [6.07, 6.45) is 8.20. The molecule has 2 nitrogen and oxygen atoms in total. The van der Waals surface area contributed by atoms with Crippen molar-refractivity contribution in [3.63, 3.8) is 0 Å². The summed E-state index contributed by atoms with van der Waals surface area (Å²) in [5, 5.41) is 3.63. The molecule has 16 heavy (non-hydrogen) atoms. The zero-order chi connectivity index (χ0) is 11.8. The van der Waals surface area contributed by atoms with Crippen LogP contribution in [0.25, 0.3) is 0 Å². The van der Waals surface area contributed by atoms with Gasteiger partial charge >= 0.3 is 0 Å². The van der Waals surface area contributed by atoms with Crippen molar-refractivity contribution in [1.82, 2.24) is 10.2 Å². The molecule has 1 saturated heterocycles. The number of nitrogens with one attached hydrogen (secondary N) is 1. The number of nitrogens with zero attached hydrogens (tertiary/aromatic N) is 1. The second kappa shape index (κ2) is 8.08. The molecule has 2 atom stereocenters. The third-order valence-corrected chi connectivity index (χ3v) is 3.68. The molecule has 0 aliphatic carbocycles. The molecular weight excluding hydrogens is 196 g/mol. The van der Waals surface area contributed by atoms with Crippen LogP contribution in [0.15, 0.2) is 0 Å². The molecule has 2 heteroatoms. The fourth-order valence-corrected chi connectivity index (χ4v) is 2.75. The highest BCUT2D eigenvalue weighted by Gasteiger charge is 2.13. The number of hydrogen-bond donors (Lipinski definition) is 1. The van der Waals surface area contributed by atoms with Crippen LogP contribution in [0.2, 0.25) is 0 Å². The molecule has 0 aromatic rings. The number of rotatable bonds is 7. The predicted molar refractivity (Wildman–Crippen MR) is 71.8 cm³/mol. The zero-order valence-corrected chi connectivity index (χ0v) is 11.5. The highest BCUT2D eigenvalue weighted by molar-refractivity contribution is 4.73. The molecule has 0 saturated carbocycles. The Morgan fingerprint density at radius 1 is 1.38 bits per heavy atom. The summed E-state index contributed by atoms with van der Waals surface area (Å²) in [6, 6.07) is 0.790. The first-order valence-corrected chi connectivity index (χ1v) is 7.14. The Labute approximate surface area is 102 Å². The summed E-state index contributed by atoms with van der Waals surface area (Å²) in [6.45, 7) is 8.41. The van der Waals surface area contributed by atoms with Crippen molar-refractivity contribution < 1.29 is 0 Å². The maximum atomic E-state index is 3.63. The van der Waals surface area contributed by atoms with E-state index in [0.717, 1.165) is 12.0 Å². The van der Waals surface area contributed by atoms with Gasteiger partial charge in [0.05, 0.1) is 0 Å². The van der Waals surface area contributed by atoms with Gasteiger partial charge in [-0.25, -0.2) is 0 Å². The Morgan fingerprint density at radius 2 is 2.19 bits per heavy atom. The number of hydrogen-bond acceptors (Lipinski definition) is 2. The van der Waals surface area contributed by atoms with E-state index in [-0.39, 0.29) is 0 Å². The van der Waals surface area contributed by atoms with Gasteiger partial charge in [-0.1, -0.05) is 26.7 Å². The van der Waals surface area contributed by atoms with Crippen molar-refractivity contribution in [2.75, 3.05) is 26.7 Å². The molecule has 0 amide bonds. The van der Waals surface area contributed by atoms with Crippen LogP contribution in [0, 0.1) is 5.92 Å². The lowest BCUT2D eigenvalue weighted by Crippen LogP contribution is -2.37. The molecule has 2 unspecified atom stereocenters. The lowest BCUT2D eigenvalue weighted by molar-refractivity contribution is 0.252. The molecule has 1 fully saturated rings. The maximum absolute atomic E-state index is 3.63. The molecule has 0 bridgehead atoms. The molecule has 1 heterocycles. The third kappa shape index (κ3) is 5.86. The molecule has 1 aliphatic heterocycles. The van der Waals surface area contributed by atoms with E-state index < -0.39 is 0 Å². The van der Waals surface area contributed by atoms with Crippen LogP contribution < -0.4 is 5.32 Å². The van der Waals surface area contributed by atoms with Crippen molar-refractivity contribution >= 4 is 0 Å². The van der Waals surface area contributed by atoms with Crippen molar-refractivity contribution in [2.45, 2.75) is 58.4 Å². The summed E-state index contributed by atoms with van der Waals surface area (Å²) >= 11 is 0. The van der Waals surface area contributed by atoms with E-state index in [0.29, 0.717) is 0 Å². The molecule has 0 spiro atoms. The summed E-state index contributed by atoms with van der Waals surface area (Å²) in [5.74, 6) is 0.856. The Morgan fingerprint density at radius 3 is 2.81 bits per heavy atom. The van der Waals surface area contributed by atoms with Crippen LogP contribution >= 0.6 is 0 Å². The van der Waals surface area contributed by atoms with Gasteiger partial charge in [0.2, 0.25) is 0 Å². The Hall–Kier alpha value is -0.0800. The van der Waals surface area contributed by atoms with Crippen LogP contribution in [0.3, 0.4) is 0 Å². The number of piperidine rings is 1. The van der Waals surface area contributed by atoms with E-state index in [1.165, 1.54) is 58.2 Å². The summed E-state index contributed by atoms with van der Waals surface area (Å²) in [7, 11) is 2.27. The van der Waals surface area contributed by atoms with E-state index in [4.69, 9.17) is 0 Å². The largest absolute Gasteiger partial charge is 0.314 e. The van der Waals surface area contributed by atoms with Crippen LogP contribution in [0.4, 0.5) is 0 Å².